The van der Waals surface area contributed by atoms with Crippen LogP contribution in [0.1, 0.15) is 36.8 Å². The van der Waals surface area contributed by atoms with Gasteiger partial charge < -0.3 is 15.2 Å². The van der Waals surface area contributed by atoms with E-state index in [4.69, 9.17) is 15.2 Å². The molecule has 1 saturated carbocycles. The van der Waals surface area contributed by atoms with E-state index in [-0.39, 0.29) is 6.10 Å². The van der Waals surface area contributed by atoms with Crippen LogP contribution in [0.5, 0.6) is 5.75 Å². The summed E-state index contributed by atoms with van der Waals surface area (Å²) in [5, 5.41) is 0. The van der Waals surface area contributed by atoms with Crippen LogP contribution < -0.4 is 10.5 Å². The number of nitrogens with two attached hydrogens (primary N) is 1. The van der Waals surface area contributed by atoms with Crippen molar-refractivity contribution in [2.45, 2.75) is 44.8 Å². The average Bonchev–Trinajstić information content (AvgIpc) is 2.47. The summed E-state index contributed by atoms with van der Waals surface area (Å²) in [4.78, 5) is 0. The van der Waals surface area contributed by atoms with Crippen molar-refractivity contribution in [2.75, 3.05) is 13.7 Å². The zero-order valence-corrected chi connectivity index (χ0v) is 12.3. The van der Waals surface area contributed by atoms with Gasteiger partial charge in [-0.1, -0.05) is 11.8 Å². The van der Waals surface area contributed by atoms with E-state index in [1.165, 1.54) is 6.42 Å². The summed E-state index contributed by atoms with van der Waals surface area (Å²) >= 11 is 0. The van der Waals surface area contributed by atoms with Crippen molar-refractivity contribution in [1.82, 2.24) is 0 Å². The second-order valence-electron chi connectivity index (χ2n) is 5.25. The first-order valence-electron chi connectivity index (χ1n) is 7.22. The minimum absolute atomic E-state index is 0.258. The van der Waals surface area contributed by atoms with Gasteiger partial charge in [0.1, 0.15) is 11.9 Å². The molecule has 0 saturated heterocycles. The number of hydrogen-bond acceptors (Lipinski definition) is 3. The van der Waals surface area contributed by atoms with Gasteiger partial charge in [-0.15, -0.1) is 0 Å². The van der Waals surface area contributed by atoms with Gasteiger partial charge in [-0.3, -0.25) is 0 Å². The molecule has 0 heterocycles. The summed E-state index contributed by atoms with van der Waals surface area (Å²) in [6.07, 6.45) is 4.99. The lowest BCUT2D eigenvalue weighted by atomic mass is 9.95. The quantitative estimate of drug-likeness (QED) is 0.861. The van der Waals surface area contributed by atoms with E-state index in [0.717, 1.165) is 36.1 Å². The second kappa shape index (κ2) is 7.33. The molecule has 2 rings (SSSR count). The number of rotatable bonds is 3. The third-order valence-corrected chi connectivity index (χ3v) is 3.74. The Morgan fingerprint density at radius 2 is 2.10 bits per heavy atom. The first-order chi connectivity index (χ1) is 9.72. The predicted octanol–water partition coefficient (Wildman–Crippen LogP) is 2.64. The van der Waals surface area contributed by atoms with Gasteiger partial charge in [0.2, 0.25) is 0 Å². The third kappa shape index (κ3) is 4.00. The molecule has 1 fully saturated rings. The number of ether oxygens (including phenoxy) is 2. The van der Waals surface area contributed by atoms with Crippen LogP contribution in [0.3, 0.4) is 0 Å². The fourth-order valence-corrected chi connectivity index (χ4v) is 2.61. The van der Waals surface area contributed by atoms with Crippen molar-refractivity contribution < 1.29 is 9.47 Å². The van der Waals surface area contributed by atoms with Gasteiger partial charge in [-0.25, -0.2) is 0 Å². The highest BCUT2D eigenvalue weighted by Crippen LogP contribution is 2.26. The maximum atomic E-state index is 6.07. The molecule has 1 aliphatic carbocycles. The summed E-state index contributed by atoms with van der Waals surface area (Å²) in [5.74, 6) is 6.87. The summed E-state index contributed by atoms with van der Waals surface area (Å²) in [7, 11) is 1.78. The first-order valence-corrected chi connectivity index (χ1v) is 7.22. The summed E-state index contributed by atoms with van der Waals surface area (Å²) in [6.45, 7) is 2.43. The highest BCUT2D eigenvalue weighted by Gasteiger charge is 2.23. The molecule has 1 aromatic rings. The number of hydrogen-bond donors (Lipinski definition) is 1. The number of aryl methyl sites for hydroxylation is 1. The molecule has 0 aromatic heterocycles. The minimum Gasteiger partial charge on any atom is -0.490 e. The van der Waals surface area contributed by atoms with Gasteiger partial charge in [0.05, 0.1) is 12.6 Å². The lowest BCUT2D eigenvalue weighted by molar-refractivity contribution is 0.0209. The topological polar surface area (TPSA) is 44.5 Å². The van der Waals surface area contributed by atoms with Crippen molar-refractivity contribution in [2.24, 2.45) is 5.73 Å². The van der Waals surface area contributed by atoms with Gasteiger partial charge in [-0.2, -0.15) is 0 Å². The molecule has 0 radical (unpaired) electrons. The Labute approximate surface area is 121 Å². The summed E-state index contributed by atoms with van der Waals surface area (Å²) in [5.41, 5.74) is 7.54. The highest BCUT2D eigenvalue weighted by atomic mass is 16.5. The van der Waals surface area contributed by atoms with Gasteiger partial charge >= 0.3 is 0 Å². The van der Waals surface area contributed by atoms with Crippen LogP contribution >= 0.6 is 0 Å². The number of benzene rings is 1. The molecular weight excluding hydrogens is 250 g/mol. The molecule has 0 amide bonds. The largest absolute Gasteiger partial charge is 0.490 e. The fraction of sp³-hybridized carbons (Fsp3) is 0.529. The molecule has 1 aromatic carbocycles. The van der Waals surface area contributed by atoms with Crippen LogP contribution in [0, 0.1) is 18.8 Å². The van der Waals surface area contributed by atoms with Gasteiger partial charge in [-0.05, 0) is 49.9 Å². The monoisotopic (exact) mass is 273 g/mol. The maximum absolute atomic E-state index is 6.07. The van der Waals surface area contributed by atoms with Crippen LogP contribution in [-0.2, 0) is 4.74 Å². The molecule has 108 valence electrons. The minimum atomic E-state index is 0.258. The molecule has 3 heteroatoms. The van der Waals surface area contributed by atoms with Crippen LogP contribution in [0.25, 0.3) is 0 Å². The summed E-state index contributed by atoms with van der Waals surface area (Å²) < 4.78 is 11.5. The van der Waals surface area contributed by atoms with E-state index in [1.54, 1.807) is 7.11 Å². The third-order valence-electron chi connectivity index (χ3n) is 3.74. The van der Waals surface area contributed by atoms with E-state index in [1.807, 2.05) is 19.1 Å². The van der Waals surface area contributed by atoms with Crippen molar-refractivity contribution in [3.8, 4) is 17.6 Å². The molecular formula is C17H23NO2. The summed E-state index contributed by atoms with van der Waals surface area (Å²) in [6, 6.07) is 6.05. The van der Waals surface area contributed by atoms with Crippen LogP contribution in [0.15, 0.2) is 18.2 Å². The molecule has 0 spiro atoms. The van der Waals surface area contributed by atoms with Crippen molar-refractivity contribution in [3.05, 3.63) is 29.3 Å². The maximum Gasteiger partial charge on any atom is 0.120 e. The molecule has 2 unspecified atom stereocenters. The van der Waals surface area contributed by atoms with Crippen LogP contribution in [0.4, 0.5) is 0 Å². The zero-order chi connectivity index (χ0) is 14.4. The Morgan fingerprint density at radius 3 is 2.80 bits per heavy atom. The van der Waals surface area contributed by atoms with Crippen molar-refractivity contribution in [1.29, 1.82) is 0 Å². The molecule has 1 aliphatic rings. The molecule has 0 bridgehead atoms. The Hall–Kier alpha value is -1.50. The first kappa shape index (κ1) is 14.9. The van der Waals surface area contributed by atoms with E-state index < -0.39 is 0 Å². The Morgan fingerprint density at radius 1 is 1.30 bits per heavy atom. The molecule has 3 nitrogen and oxygen atoms in total. The Bertz CT molecular complexity index is 501. The molecule has 2 N–H and O–H groups in total. The van der Waals surface area contributed by atoms with E-state index in [9.17, 15) is 0 Å². The lowest BCUT2D eigenvalue weighted by Crippen LogP contribution is -2.29. The smallest absolute Gasteiger partial charge is 0.120 e. The number of methoxy groups -OCH3 is 1. The van der Waals surface area contributed by atoms with E-state index in [2.05, 4.69) is 17.9 Å². The Kier molecular flexibility index (Phi) is 5.46. The van der Waals surface area contributed by atoms with Gasteiger partial charge in [0, 0.05) is 19.1 Å². The molecule has 0 aliphatic heterocycles. The van der Waals surface area contributed by atoms with Crippen molar-refractivity contribution >= 4 is 0 Å². The predicted molar refractivity (Wildman–Crippen MR) is 80.8 cm³/mol. The molecule has 2 atom stereocenters. The zero-order valence-electron chi connectivity index (χ0n) is 12.3. The standard InChI is InChI=1S/C17H23NO2/c1-13-11-17(9-8-14(13)5-4-10-18)20-16-7-3-6-15(12-16)19-2/h8-9,11,15-16H,3,6-7,10,12,18H2,1-2H3. The van der Waals surface area contributed by atoms with Gasteiger partial charge in [0.15, 0.2) is 0 Å². The van der Waals surface area contributed by atoms with E-state index in [0.29, 0.717) is 12.6 Å². The normalized spacial score (nSPS) is 21.9. The highest BCUT2D eigenvalue weighted by molar-refractivity contribution is 5.44. The van der Waals surface area contributed by atoms with Crippen LogP contribution in [-0.4, -0.2) is 25.9 Å². The molecule has 20 heavy (non-hydrogen) atoms. The average molecular weight is 273 g/mol. The second-order valence-corrected chi connectivity index (χ2v) is 5.25. The van der Waals surface area contributed by atoms with Gasteiger partial charge in [0.25, 0.3) is 0 Å². The fourth-order valence-electron chi connectivity index (χ4n) is 2.61. The van der Waals surface area contributed by atoms with Crippen molar-refractivity contribution in [3.63, 3.8) is 0 Å². The lowest BCUT2D eigenvalue weighted by Gasteiger charge is -2.28. The SMILES string of the molecule is COC1CCCC(Oc2ccc(C#CCN)c(C)c2)C1. The Balaban J connectivity index is 2.01. The van der Waals surface area contributed by atoms with E-state index >= 15 is 0 Å². The van der Waals surface area contributed by atoms with Crippen LogP contribution in [0.2, 0.25) is 0 Å².